The SMILES string of the molecule is C[C@@H]1O[C@@H](O[C@H]2[C@H](O[C@@H]3C[C@]4(C)[C@H](C[C@@H](O)[C@@H]5[C@@H]([C@]6(C)CC[C@H](C(C)(C)O)O6)CC[C@]54C)[C@]4(C)CC[C@@H](O)C(C)(C)[C@@H]34)O[C@H](CO)[C@@H](O)[C@@H]2O)[C@H](O)[C@H](O)[C@H]1O. The summed E-state index contributed by atoms with van der Waals surface area (Å²) in [6.45, 7) is 17.6. The minimum absolute atomic E-state index is 0.0557. The molecule has 7 aliphatic rings. The maximum Gasteiger partial charge on any atom is 0.187 e. The summed E-state index contributed by atoms with van der Waals surface area (Å²) < 4.78 is 32.0. The van der Waals surface area contributed by atoms with Gasteiger partial charge in [0.25, 0.3) is 0 Å². The van der Waals surface area contributed by atoms with Gasteiger partial charge in [0.2, 0.25) is 0 Å². The summed E-state index contributed by atoms with van der Waals surface area (Å²) in [4.78, 5) is 0. The fourth-order valence-corrected chi connectivity index (χ4v) is 14.1. The number of fused-ring (bicyclic) bond motifs is 5. The summed E-state index contributed by atoms with van der Waals surface area (Å²) in [7, 11) is 0. The number of ether oxygens (including phenoxy) is 5. The molecule has 0 spiro atoms. The molecule has 4 aliphatic carbocycles. The highest BCUT2D eigenvalue weighted by molar-refractivity contribution is 5.22. The third-order valence-electron chi connectivity index (χ3n) is 17.3. The molecule has 0 bridgehead atoms. The van der Waals surface area contributed by atoms with E-state index in [1.54, 1.807) is 13.8 Å². The first-order chi connectivity index (χ1) is 25.9. The maximum absolute atomic E-state index is 12.4. The van der Waals surface area contributed by atoms with Crippen molar-refractivity contribution in [2.75, 3.05) is 6.61 Å². The van der Waals surface area contributed by atoms with Crippen molar-refractivity contribution >= 4 is 0 Å². The van der Waals surface area contributed by atoms with E-state index < -0.39 is 114 Å². The highest BCUT2D eigenvalue weighted by Gasteiger charge is 2.74. The van der Waals surface area contributed by atoms with Crippen molar-refractivity contribution < 1.29 is 69.6 Å². The van der Waals surface area contributed by atoms with Gasteiger partial charge in [-0.3, -0.25) is 0 Å². The Balaban J connectivity index is 1.26. The first-order valence-corrected chi connectivity index (χ1v) is 21.2. The van der Waals surface area contributed by atoms with E-state index in [-0.39, 0.29) is 35.2 Å². The zero-order valence-electron chi connectivity index (χ0n) is 34.8. The van der Waals surface area contributed by atoms with E-state index >= 15 is 0 Å². The van der Waals surface area contributed by atoms with Crippen LogP contribution in [0.2, 0.25) is 0 Å². The second-order valence-corrected chi connectivity index (χ2v) is 21.2. The van der Waals surface area contributed by atoms with Crippen LogP contribution in [0, 0.1) is 45.3 Å². The Morgan fingerprint density at radius 1 is 0.732 bits per heavy atom. The van der Waals surface area contributed by atoms with Crippen LogP contribution in [0.1, 0.15) is 114 Å². The Kier molecular flexibility index (Phi) is 11.3. The van der Waals surface area contributed by atoms with Crippen molar-refractivity contribution in [1.29, 1.82) is 0 Å². The molecule has 0 aromatic carbocycles. The van der Waals surface area contributed by atoms with Crippen LogP contribution in [-0.2, 0) is 23.7 Å². The summed E-state index contributed by atoms with van der Waals surface area (Å²) in [5.74, 6) is -0.246. The molecule has 14 heteroatoms. The third kappa shape index (κ3) is 6.49. The largest absolute Gasteiger partial charge is 0.394 e. The van der Waals surface area contributed by atoms with Crippen LogP contribution in [0.25, 0.3) is 0 Å². The topological polar surface area (TPSA) is 228 Å². The zero-order valence-corrected chi connectivity index (χ0v) is 34.8. The van der Waals surface area contributed by atoms with E-state index in [1.165, 1.54) is 6.92 Å². The summed E-state index contributed by atoms with van der Waals surface area (Å²) in [5.41, 5.74) is -3.36. The van der Waals surface area contributed by atoms with Gasteiger partial charge in [0.1, 0.15) is 42.7 Å². The van der Waals surface area contributed by atoms with Gasteiger partial charge in [-0.15, -0.1) is 0 Å². The smallest absolute Gasteiger partial charge is 0.187 e. The van der Waals surface area contributed by atoms with Crippen molar-refractivity contribution in [2.24, 2.45) is 45.3 Å². The molecule has 0 aromatic heterocycles. The lowest BCUT2D eigenvalue weighted by molar-refractivity contribution is -0.382. The molecule has 9 N–H and O–H groups in total. The Hall–Kier alpha value is -0.560. The van der Waals surface area contributed by atoms with E-state index in [1.807, 2.05) is 0 Å². The highest BCUT2D eigenvalue weighted by Crippen LogP contribution is 2.76. The van der Waals surface area contributed by atoms with Crippen LogP contribution in [0.15, 0.2) is 0 Å². The average Bonchev–Trinajstić information content (AvgIpc) is 3.71. The van der Waals surface area contributed by atoms with Crippen LogP contribution in [0.3, 0.4) is 0 Å². The Bertz CT molecular complexity index is 1430. The molecule has 22 atom stereocenters. The van der Waals surface area contributed by atoms with Crippen molar-refractivity contribution in [1.82, 2.24) is 0 Å². The lowest BCUT2D eigenvalue weighted by Crippen LogP contribution is -2.71. The van der Waals surface area contributed by atoms with Gasteiger partial charge in [-0.05, 0) is 124 Å². The van der Waals surface area contributed by atoms with Crippen LogP contribution < -0.4 is 0 Å². The van der Waals surface area contributed by atoms with E-state index in [9.17, 15) is 46.0 Å². The minimum atomic E-state index is -1.70. The Morgan fingerprint density at radius 2 is 1.41 bits per heavy atom. The molecule has 0 amide bonds. The lowest BCUT2D eigenvalue weighted by Gasteiger charge is -2.72. The number of aliphatic hydroxyl groups excluding tert-OH is 8. The van der Waals surface area contributed by atoms with Crippen LogP contribution >= 0.6 is 0 Å². The van der Waals surface area contributed by atoms with Gasteiger partial charge in [0.15, 0.2) is 12.6 Å². The molecule has 3 heterocycles. The molecule has 0 aromatic rings. The summed E-state index contributed by atoms with van der Waals surface area (Å²) in [5, 5.41) is 99.5. The molecule has 324 valence electrons. The summed E-state index contributed by atoms with van der Waals surface area (Å²) in [6.07, 6.45) is -11.0. The molecule has 7 rings (SSSR count). The molecule has 3 saturated heterocycles. The van der Waals surface area contributed by atoms with Crippen molar-refractivity contribution in [3.05, 3.63) is 0 Å². The van der Waals surface area contributed by atoms with Crippen LogP contribution in [0.4, 0.5) is 0 Å². The number of aliphatic hydroxyl groups is 9. The Morgan fingerprint density at radius 3 is 2.04 bits per heavy atom. The van der Waals surface area contributed by atoms with Crippen LogP contribution in [0.5, 0.6) is 0 Å². The average molecular weight is 801 g/mol. The fraction of sp³-hybridized carbons (Fsp3) is 1.00. The van der Waals surface area contributed by atoms with Crippen molar-refractivity contribution in [3.63, 3.8) is 0 Å². The normalized spacial score (nSPS) is 57.3. The Labute approximate surface area is 331 Å². The summed E-state index contributed by atoms with van der Waals surface area (Å²) >= 11 is 0. The van der Waals surface area contributed by atoms with Crippen LogP contribution in [-0.4, -0.2) is 150 Å². The highest BCUT2D eigenvalue weighted by atomic mass is 16.8. The lowest BCUT2D eigenvalue weighted by atomic mass is 9.34. The molecular weight excluding hydrogens is 728 g/mol. The van der Waals surface area contributed by atoms with Gasteiger partial charge in [-0.2, -0.15) is 0 Å². The maximum atomic E-state index is 12.4. The third-order valence-corrected chi connectivity index (χ3v) is 17.3. The fourth-order valence-electron chi connectivity index (χ4n) is 14.1. The second kappa shape index (κ2) is 14.5. The standard InChI is InChI=1S/C42H72O14/c1-19-28(46)30(48)32(50)35(52-19)55-33-31(49)29(47)23(18-43)54-36(33)53-22-17-41(8)24(39(6)13-11-25(45)37(2,3)34(22)39)16-21(44)27-20(10-14-40(27,41)7)42(9)15-12-26(56-42)38(4,5)51/h19-36,43-51H,10-18H2,1-9H3/t19-,20-,21+,22+,23+,24+,25+,26+,27-,28-,29+,30+,31-,32+,33+,34+,35-,36+,39-,40+,41+,42-/m0/s1. The minimum Gasteiger partial charge on any atom is -0.394 e. The van der Waals surface area contributed by atoms with E-state index in [4.69, 9.17) is 23.7 Å². The van der Waals surface area contributed by atoms with Gasteiger partial charge in [0, 0.05) is 0 Å². The zero-order chi connectivity index (χ0) is 41.3. The first-order valence-electron chi connectivity index (χ1n) is 21.2. The number of rotatable bonds is 7. The molecule has 3 aliphatic heterocycles. The molecule has 56 heavy (non-hydrogen) atoms. The molecule has 0 radical (unpaired) electrons. The predicted octanol–water partition coefficient (Wildman–Crippen LogP) is 1.36. The second-order valence-electron chi connectivity index (χ2n) is 21.2. The van der Waals surface area contributed by atoms with Crippen molar-refractivity contribution in [2.45, 2.75) is 211 Å². The van der Waals surface area contributed by atoms with Gasteiger partial charge >= 0.3 is 0 Å². The van der Waals surface area contributed by atoms with E-state index in [2.05, 4.69) is 41.5 Å². The van der Waals surface area contributed by atoms with Gasteiger partial charge in [-0.25, -0.2) is 0 Å². The van der Waals surface area contributed by atoms with Gasteiger partial charge < -0.3 is 69.6 Å². The number of hydrogen-bond donors (Lipinski definition) is 9. The first kappa shape index (κ1) is 43.5. The van der Waals surface area contributed by atoms with Crippen molar-refractivity contribution in [3.8, 4) is 0 Å². The van der Waals surface area contributed by atoms with E-state index in [0.717, 1.165) is 25.7 Å². The van der Waals surface area contributed by atoms with Gasteiger partial charge in [0.05, 0.1) is 48.3 Å². The molecule has 7 fully saturated rings. The van der Waals surface area contributed by atoms with E-state index in [0.29, 0.717) is 25.7 Å². The summed E-state index contributed by atoms with van der Waals surface area (Å²) in [6, 6.07) is 0. The molecular formula is C42H72O14. The molecule has 14 nitrogen and oxygen atoms in total. The number of hydrogen-bond acceptors (Lipinski definition) is 14. The van der Waals surface area contributed by atoms with Gasteiger partial charge in [-0.1, -0.05) is 34.6 Å². The molecule has 0 unspecified atom stereocenters. The monoisotopic (exact) mass is 800 g/mol. The predicted molar refractivity (Wildman–Crippen MR) is 200 cm³/mol. The quantitative estimate of drug-likeness (QED) is 0.166. The molecule has 4 saturated carbocycles.